The van der Waals surface area contributed by atoms with Gasteiger partial charge in [0.25, 0.3) is 5.91 Å². The van der Waals surface area contributed by atoms with Gasteiger partial charge in [-0.25, -0.2) is 0 Å². The van der Waals surface area contributed by atoms with E-state index < -0.39 is 0 Å². The van der Waals surface area contributed by atoms with Gasteiger partial charge in [0.15, 0.2) is 0 Å². The Morgan fingerprint density at radius 1 is 1.45 bits per heavy atom. The zero-order valence-corrected chi connectivity index (χ0v) is 11.2. The van der Waals surface area contributed by atoms with Crippen LogP contribution in [0.3, 0.4) is 0 Å². The van der Waals surface area contributed by atoms with Crippen molar-refractivity contribution < 1.29 is 9.53 Å². The molecule has 1 aromatic carbocycles. The summed E-state index contributed by atoms with van der Waals surface area (Å²) in [4.78, 5) is 12.2. The van der Waals surface area contributed by atoms with Gasteiger partial charge in [0.05, 0.1) is 30.1 Å². The average Bonchev–Trinajstić information content (AvgIpc) is 2.78. The van der Waals surface area contributed by atoms with Gasteiger partial charge in [0.1, 0.15) is 11.4 Å². The van der Waals surface area contributed by atoms with E-state index in [1.807, 2.05) is 6.07 Å². The van der Waals surface area contributed by atoms with Crippen molar-refractivity contribution in [3.8, 4) is 11.8 Å². The third kappa shape index (κ3) is 2.57. The first-order chi connectivity index (χ1) is 9.55. The van der Waals surface area contributed by atoms with Gasteiger partial charge in [0, 0.05) is 19.3 Å². The second-order valence-electron chi connectivity index (χ2n) is 4.25. The van der Waals surface area contributed by atoms with E-state index in [1.54, 1.807) is 42.1 Å². The molecule has 0 aliphatic heterocycles. The quantitative estimate of drug-likeness (QED) is 0.888. The number of methoxy groups -OCH3 is 1. The highest BCUT2D eigenvalue weighted by Gasteiger charge is 2.13. The van der Waals surface area contributed by atoms with Crippen LogP contribution >= 0.6 is 0 Å². The SMILES string of the molecule is COc1cc(C#N)ccc1NC(=O)c1cc(N)cn1C. The van der Waals surface area contributed by atoms with Crippen LogP contribution in [0, 0.1) is 11.3 Å². The van der Waals surface area contributed by atoms with Crippen LogP contribution in [-0.4, -0.2) is 17.6 Å². The Morgan fingerprint density at radius 3 is 2.75 bits per heavy atom. The number of aryl methyl sites for hydroxylation is 1. The normalized spacial score (nSPS) is 9.85. The van der Waals surface area contributed by atoms with Crippen LogP contribution in [0.2, 0.25) is 0 Å². The Balaban J connectivity index is 2.28. The first-order valence-corrected chi connectivity index (χ1v) is 5.86. The molecule has 0 saturated carbocycles. The molecule has 0 spiro atoms. The summed E-state index contributed by atoms with van der Waals surface area (Å²) >= 11 is 0. The van der Waals surface area contributed by atoms with Gasteiger partial charge >= 0.3 is 0 Å². The van der Waals surface area contributed by atoms with Crippen molar-refractivity contribution in [2.75, 3.05) is 18.2 Å². The van der Waals surface area contributed by atoms with Crippen molar-refractivity contribution in [1.29, 1.82) is 5.26 Å². The van der Waals surface area contributed by atoms with Crippen LogP contribution in [-0.2, 0) is 7.05 Å². The first kappa shape index (κ1) is 13.5. The molecular weight excluding hydrogens is 256 g/mol. The lowest BCUT2D eigenvalue weighted by Crippen LogP contribution is -2.15. The fourth-order valence-electron chi connectivity index (χ4n) is 1.87. The molecule has 102 valence electrons. The smallest absolute Gasteiger partial charge is 0.272 e. The standard InChI is InChI=1S/C14H14N4O2/c1-18-8-10(16)6-12(18)14(19)17-11-4-3-9(7-15)5-13(11)20-2/h3-6,8H,16H2,1-2H3,(H,17,19). The van der Waals surface area contributed by atoms with E-state index >= 15 is 0 Å². The summed E-state index contributed by atoms with van der Waals surface area (Å²) < 4.78 is 6.80. The van der Waals surface area contributed by atoms with Gasteiger partial charge in [-0.05, 0) is 18.2 Å². The fourth-order valence-corrected chi connectivity index (χ4v) is 1.87. The number of hydrogen-bond donors (Lipinski definition) is 2. The predicted octanol–water partition coefficient (Wildman–Crippen LogP) is 1.74. The maximum Gasteiger partial charge on any atom is 0.272 e. The van der Waals surface area contributed by atoms with Crippen molar-refractivity contribution in [1.82, 2.24) is 4.57 Å². The number of ether oxygens (including phenoxy) is 1. The van der Waals surface area contributed by atoms with Crippen molar-refractivity contribution in [3.63, 3.8) is 0 Å². The number of carbonyl (C=O) groups excluding carboxylic acids is 1. The van der Waals surface area contributed by atoms with Crippen LogP contribution in [0.15, 0.2) is 30.5 Å². The maximum absolute atomic E-state index is 12.2. The lowest BCUT2D eigenvalue weighted by atomic mass is 10.2. The zero-order valence-electron chi connectivity index (χ0n) is 11.2. The fraction of sp³-hybridized carbons (Fsp3) is 0.143. The molecule has 2 rings (SSSR count). The minimum absolute atomic E-state index is 0.299. The number of carbonyl (C=O) groups is 1. The van der Waals surface area contributed by atoms with Crippen LogP contribution < -0.4 is 15.8 Å². The summed E-state index contributed by atoms with van der Waals surface area (Å²) in [5.41, 5.74) is 7.56. The molecule has 6 nitrogen and oxygen atoms in total. The molecule has 0 bridgehead atoms. The molecule has 0 radical (unpaired) electrons. The number of nitrogens with one attached hydrogen (secondary N) is 1. The van der Waals surface area contributed by atoms with Crippen LogP contribution in [0.25, 0.3) is 0 Å². The largest absolute Gasteiger partial charge is 0.495 e. The Kier molecular flexibility index (Phi) is 3.62. The molecule has 1 heterocycles. The van der Waals surface area contributed by atoms with E-state index in [-0.39, 0.29) is 5.91 Å². The summed E-state index contributed by atoms with van der Waals surface area (Å²) in [6, 6.07) is 8.40. The van der Waals surface area contributed by atoms with Gasteiger partial charge < -0.3 is 20.4 Å². The number of nitriles is 1. The van der Waals surface area contributed by atoms with E-state index in [2.05, 4.69) is 5.32 Å². The molecule has 2 aromatic rings. The molecule has 6 heteroatoms. The Morgan fingerprint density at radius 2 is 2.20 bits per heavy atom. The lowest BCUT2D eigenvalue weighted by Gasteiger charge is -2.10. The Bertz CT molecular complexity index is 698. The highest BCUT2D eigenvalue weighted by Crippen LogP contribution is 2.26. The van der Waals surface area contributed by atoms with Crippen molar-refractivity contribution >= 4 is 17.3 Å². The highest BCUT2D eigenvalue weighted by molar-refractivity contribution is 6.04. The minimum Gasteiger partial charge on any atom is -0.495 e. The molecular formula is C14H14N4O2. The van der Waals surface area contributed by atoms with Crippen molar-refractivity contribution in [2.45, 2.75) is 0 Å². The lowest BCUT2D eigenvalue weighted by molar-refractivity contribution is 0.101. The zero-order chi connectivity index (χ0) is 14.7. The molecule has 20 heavy (non-hydrogen) atoms. The van der Waals surface area contributed by atoms with E-state index in [1.165, 1.54) is 7.11 Å². The summed E-state index contributed by atoms with van der Waals surface area (Å²) in [6.07, 6.45) is 1.66. The summed E-state index contributed by atoms with van der Waals surface area (Å²) in [7, 11) is 3.22. The predicted molar refractivity (Wildman–Crippen MR) is 75.5 cm³/mol. The van der Waals surface area contributed by atoms with Gasteiger partial charge in [-0.3, -0.25) is 4.79 Å². The molecule has 1 aromatic heterocycles. The number of nitrogens with zero attached hydrogens (tertiary/aromatic N) is 2. The van der Waals surface area contributed by atoms with E-state index in [4.69, 9.17) is 15.7 Å². The number of benzene rings is 1. The van der Waals surface area contributed by atoms with E-state index in [0.717, 1.165) is 0 Å². The molecule has 0 fully saturated rings. The minimum atomic E-state index is -0.299. The maximum atomic E-state index is 12.2. The van der Waals surface area contributed by atoms with Crippen LogP contribution in [0.4, 0.5) is 11.4 Å². The second-order valence-corrected chi connectivity index (χ2v) is 4.25. The Labute approximate surface area is 116 Å². The van der Waals surface area contributed by atoms with Gasteiger partial charge in [-0.1, -0.05) is 0 Å². The number of rotatable bonds is 3. The number of hydrogen-bond acceptors (Lipinski definition) is 4. The topological polar surface area (TPSA) is 93.1 Å². The third-order valence-corrected chi connectivity index (χ3v) is 2.84. The number of nitrogen functional groups attached to an aromatic ring is 1. The molecule has 0 unspecified atom stereocenters. The monoisotopic (exact) mass is 270 g/mol. The van der Waals surface area contributed by atoms with Gasteiger partial charge in [-0.2, -0.15) is 5.26 Å². The van der Waals surface area contributed by atoms with Gasteiger partial charge in [-0.15, -0.1) is 0 Å². The summed E-state index contributed by atoms with van der Waals surface area (Å²) in [6.45, 7) is 0. The molecule has 3 N–H and O–H groups in total. The Hall–Kier alpha value is -2.94. The second kappa shape index (κ2) is 5.36. The van der Waals surface area contributed by atoms with Crippen LogP contribution in [0.1, 0.15) is 16.1 Å². The van der Waals surface area contributed by atoms with E-state index in [0.29, 0.717) is 28.4 Å². The third-order valence-electron chi connectivity index (χ3n) is 2.84. The number of aromatic nitrogens is 1. The van der Waals surface area contributed by atoms with Crippen molar-refractivity contribution in [2.24, 2.45) is 7.05 Å². The number of amides is 1. The molecule has 1 amide bonds. The number of anilines is 2. The number of nitrogens with two attached hydrogens (primary N) is 1. The van der Waals surface area contributed by atoms with Crippen LogP contribution in [0.5, 0.6) is 5.75 Å². The van der Waals surface area contributed by atoms with Gasteiger partial charge in [0.2, 0.25) is 0 Å². The molecule has 0 atom stereocenters. The highest BCUT2D eigenvalue weighted by atomic mass is 16.5. The van der Waals surface area contributed by atoms with E-state index in [9.17, 15) is 4.79 Å². The first-order valence-electron chi connectivity index (χ1n) is 5.86. The summed E-state index contributed by atoms with van der Waals surface area (Å²) in [5.74, 6) is 0.131. The average molecular weight is 270 g/mol. The molecule has 0 aliphatic rings. The molecule has 0 aliphatic carbocycles. The van der Waals surface area contributed by atoms with Crippen molar-refractivity contribution in [3.05, 3.63) is 41.7 Å². The summed E-state index contributed by atoms with van der Waals surface area (Å²) in [5, 5.41) is 11.6. The molecule has 0 saturated heterocycles.